The molecule has 0 aliphatic rings. The predicted molar refractivity (Wildman–Crippen MR) is 67.2 cm³/mol. The van der Waals surface area contributed by atoms with Crippen molar-refractivity contribution in [3.63, 3.8) is 0 Å². The summed E-state index contributed by atoms with van der Waals surface area (Å²) in [6.45, 7) is 9.27. The lowest BCUT2D eigenvalue weighted by Crippen LogP contribution is -2.25. The molecule has 1 heterocycles. The number of rotatable bonds is 4. The molecule has 0 aromatic carbocycles. The molecule has 0 aliphatic heterocycles. The minimum Gasteiger partial charge on any atom is -0.384 e. The fourth-order valence-corrected chi connectivity index (χ4v) is 2.24. The number of aromatic nitrogens is 3. The van der Waals surface area contributed by atoms with E-state index in [1.807, 2.05) is 0 Å². The fourth-order valence-electron chi connectivity index (χ4n) is 1.81. The molecule has 0 amide bonds. The first-order chi connectivity index (χ1) is 7.36. The molecule has 92 valence electrons. The number of hydrogen-bond donors (Lipinski definition) is 1. The van der Waals surface area contributed by atoms with E-state index in [0.29, 0.717) is 10.7 Å². The highest BCUT2D eigenvalue weighted by Crippen LogP contribution is 2.18. The van der Waals surface area contributed by atoms with Crippen LogP contribution in [0.2, 0.25) is 0 Å². The maximum absolute atomic E-state index is 5.25. The van der Waals surface area contributed by atoms with Gasteiger partial charge in [0.2, 0.25) is 0 Å². The van der Waals surface area contributed by atoms with Crippen molar-refractivity contribution in [2.45, 2.75) is 39.7 Å². The third-order valence-electron chi connectivity index (χ3n) is 2.39. The highest BCUT2D eigenvalue weighted by atomic mass is 32.1. The molecular formula is C11H21N3OS. The van der Waals surface area contributed by atoms with Crippen molar-refractivity contribution >= 4 is 12.2 Å². The van der Waals surface area contributed by atoms with E-state index in [2.05, 4.69) is 42.5 Å². The first-order valence-electron chi connectivity index (χ1n) is 5.52. The van der Waals surface area contributed by atoms with Crippen LogP contribution in [-0.2, 0) is 16.7 Å². The molecule has 0 fully saturated rings. The van der Waals surface area contributed by atoms with Gasteiger partial charge in [0.15, 0.2) is 4.77 Å². The molecule has 1 N–H and O–H groups in total. The van der Waals surface area contributed by atoms with E-state index in [-0.39, 0.29) is 5.54 Å². The first-order valence-corrected chi connectivity index (χ1v) is 5.92. The summed E-state index contributed by atoms with van der Waals surface area (Å²) in [6.07, 6.45) is 0.873. The Balaban J connectivity index is 2.94. The predicted octanol–water partition coefficient (Wildman–Crippen LogP) is 2.52. The number of nitrogens with one attached hydrogen (secondary N) is 1. The minimum atomic E-state index is -0.0355. The Kier molecular flexibility index (Phi) is 4.27. The molecule has 0 bridgehead atoms. The fraction of sp³-hybridized carbons (Fsp3) is 0.818. The normalized spacial score (nSPS) is 14.1. The summed E-state index contributed by atoms with van der Waals surface area (Å²) in [6, 6.07) is 0. The highest BCUT2D eigenvalue weighted by Gasteiger charge is 2.20. The summed E-state index contributed by atoms with van der Waals surface area (Å²) in [5, 5.41) is 7.16. The van der Waals surface area contributed by atoms with Gasteiger partial charge in [-0.05, 0) is 38.9 Å². The van der Waals surface area contributed by atoms with Crippen LogP contribution in [0, 0.1) is 10.7 Å². The van der Waals surface area contributed by atoms with E-state index < -0.39 is 0 Å². The van der Waals surface area contributed by atoms with E-state index >= 15 is 0 Å². The molecule has 0 saturated heterocycles. The molecule has 5 heteroatoms. The second-order valence-corrected chi connectivity index (χ2v) is 5.60. The van der Waals surface area contributed by atoms with Gasteiger partial charge >= 0.3 is 0 Å². The van der Waals surface area contributed by atoms with Crippen LogP contribution >= 0.6 is 12.2 Å². The molecule has 1 unspecified atom stereocenters. The van der Waals surface area contributed by atoms with Crippen molar-refractivity contribution in [1.29, 1.82) is 0 Å². The van der Waals surface area contributed by atoms with Gasteiger partial charge < -0.3 is 4.74 Å². The second kappa shape index (κ2) is 5.10. The van der Waals surface area contributed by atoms with Crippen LogP contribution in [0.3, 0.4) is 0 Å². The molecule has 1 rings (SSSR count). The van der Waals surface area contributed by atoms with Crippen molar-refractivity contribution in [2.75, 3.05) is 13.7 Å². The molecule has 1 atom stereocenters. The third kappa shape index (κ3) is 3.15. The lowest BCUT2D eigenvalue weighted by Gasteiger charge is -2.23. The Morgan fingerprint density at radius 2 is 2.12 bits per heavy atom. The number of hydrogen-bond acceptors (Lipinski definition) is 3. The molecular weight excluding hydrogens is 222 g/mol. The smallest absolute Gasteiger partial charge is 0.195 e. The largest absolute Gasteiger partial charge is 0.384 e. The number of aromatic amines is 1. The Bertz CT molecular complexity index is 389. The molecule has 0 aliphatic carbocycles. The van der Waals surface area contributed by atoms with Crippen molar-refractivity contribution in [2.24, 2.45) is 5.92 Å². The highest BCUT2D eigenvalue weighted by molar-refractivity contribution is 7.71. The van der Waals surface area contributed by atoms with Crippen molar-refractivity contribution < 1.29 is 4.74 Å². The zero-order chi connectivity index (χ0) is 12.3. The molecule has 16 heavy (non-hydrogen) atoms. The average Bonchev–Trinajstić information content (AvgIpc) is 2.46. The Labute approximate surface area is 102 Å². The Hall–Kier alpha value is -0.680. The average molecular weight is 243 g/mol. The van der Waals surface area contributed by atoms with Gasteiger partial charge in [-0.15, -0.1) is 0 Å². The number of H-pyrrole nitrogens is 1. The summed E-state index contributed by atoms with van der Waals surface area (Å²) in [5.74, 6) is 1.44. The zero-order valence-corrected chi connectivity index (χ0v) is 11.5. The number of ether oxygens (including phenoxy) is 1. The lowest BCUT2D eigenvalue weighted by molar-refractivity contribution is 0.157. The maximum atomic E-state index is 5.25. The van der Waals surface area contributed by atoms with Crippen LogP contribution in [0.15, 0.2) is 0 Å². The molecule has 0 spiro atoms. The summed E-state index contributed by atoms with van der Waals surface area (Å²) < 4.78 is 7.90. The number of methoxy groups -OCH3 is 1. The molecule has 1 aromatic heterocycles. The Morgan fingerprint density at radius 1 is 1.50 bits per heavy atom. The second-order valence-electron chi connectivity index (χ2n) is 5.22. The molecule has 1 aromatic rings. The van der Waals surface area contributed by atoms with E-state index in [1.165, 1.54) is 0 Å². The van der Waals surface area contributed by atoms with Crippen molar-refractivity contribution in [3.05, 3.63) is 10.6 Å². The standard InChI is InChI=1S/C11H21N3OS/c1-8(7-15-5)6-9-12-13-10(16)14(9)11(2,3)4/h8H,6-7H2,1-5H3,(H,13,16). The lowest BCUT2D eigenvalue weighted by atomic mass is 10.1. The SMILES string of the molecule is COCC(C)Cc1n[nH]c(=S)n1C(C)(C)C. The minimum absolute atomic E-state index is 0.0355. The monoisotopic (exact) mass is 243 g/mol. The topological polar surface area (TPSA) is 42.8 Å². The van der Waals surface area contributed by atoms with Gasteiger partial charge in [-0.1, -0.05) is 6.92 Å². The van der Waals surface area contributed by atoms with Gasteiger partial charge in [-0.3, -0.25) is 9.67 Å². The van der Waals surface area contributed by atoms with Crippen LogP contribution in [0.25, 0.3) is 0 Å². The molecule has 0 saturated carbocycles. The van der Waals surface area contributed by atoms with Gasteiger partial charge in [0, 0.05) is 25.7 Å². The van der Waals surface area contributed by atoms with Crippen molar-refractivity contribution in [1.82, 2.24) is 14.8 Å². The summed E-state index contributed by atoms with van der Waals surface area (Å²) in [7, 11) is 1.72. The maximum Gasteiger partial charge on any atom is 0.195 e. The molecule has 0 radical (unpaired) electrons. The van der Waals surface area contributed by atoms with Gasteiger partial charge in [-0.25, -0.2) is 0 Å². The van der Waals surface area contributed by atoms with Gasteiger partial charge in [0.05, 0.1) is 0 Å². The molecule has 4 nitrogen and oxygen atoms in total. The van der Waals surface area contributed by atoms with E-state index in [9.17, 15) is 0 Å². The van der Waals surface area contributed by atoms with Gasteiger partial charge in [-0.2, -0.15) is 5.10 Å². The Morgan fingerprint density at radius 3 is 2.62 bits per heavy atom. The van der Waals surface area contributed by atoms with Gasteiger partial charge in [0.25, 0.3) is 0 Å². The van der Waals surface area contributed by atoms with E-state index in [1.54, 1.807) is 7.11 Å². The zero-order valence-electron chi connectivity index (χ0n) is 10.7. The van der Waals surface area contributed by atoms with Crippen LogP contribution in [0.1, 0.15) is 33.5 Å². The van der Waals surface area contributed by atoms with Crippen LogP contribution < -0.4 is 0 Å². The third-order valence-corrected chi connectivity index (χ3v) is 2.67. The summed E-state index contributed by atoms with van der Waals surface area (Å²) in [4.78, 5) is 0. The van der Waals surface area contributed by atoms with Crippen LogP contribution in [0.4, 0.5) is 0 Å². The van der Waals surface area contributed by atoms with Crippen LogP contribution in [0.5, 0.6) is 0 Å². The van der Waals surface area contributed by atoms with Crippen LogP contribution in [-0.4, -0.2) is 28.5 Å². The summed E-state index contributed by atoms with van der Waals surface area (Å²) >= 11 is 5.25. The number of nitrogens with zero attached hydrogens (tertiary/aromatic N) is 2. The van der Waals surface area contributed by atoms with E-state index in [0.717, 1.165) is 18.9 Å². The van der Waals surface area contributed by atoms with Gasteiger partial charge in [0.1, 0.15) is 5.82 Å². The first kappa shape index (κ1) is 13.4. The summed E-state index contributed by atoms with van der Waals surface area (Å²) in [5.41, 5.74) is -0.0355. The quantitative estimate of drug-likeness (QED) is 0.826. The van der Waals surface area contributed by atoms with E-state index in [4.69, 9.17) is 17.0 Å². The van der Waals surface area contributed by atoms with Crippen molar-refractivity contribution in [3.8, 4) is 0 Å².